The fourth-order valence-corrected chi connectivity index (χ4v) is 7.06. The van der Waals surface area contributed by atoms with Crippen LogP contribution < -0.4 is 0 Å². The standard InChI is InChI=1S/C29H40Br2/c1-5-9-11-13-21(7-3)29(22(8-4)14-12-10-6-2)27-19-23(30)15-17-25(27)26-18-16-24(31)20-28(26)29/h15-22H,5-14H2,1-4H3. The van der Waals surface area contributed by atoms with E-state index in [1.165, 1.54) is 84.3 Å². The zero-order chi connectivity index (χ0) is 22.4. The van der Waals surface area contributed by atoms with E-state index in [1.807, 2.05) is 0 Å². The minimum absolute atomic E-state index is 0.114. The molecule has 0 aromatic heterocycles. The van der Waals surface area contributed by atoms with Crippen molar-refractivity contribution < 1.29 is 0 Å². The molecule has 0 bridgehead atoms. The molecule has 2 atom stereocenters. The molecule has 0 amide bonds. The summed E-state index contributed by atoms with van der Waals surface area (Å²) in [5, 5.41) is 0. The lowest BCUT2D eigenvalue weighted by atomic mass is 9.57. The first-order valence-corrected chi connectivity index (χ1v) is 14.2. The van der Waals surface area contributed by atoms with Gasteiger partial charge in [-0.3, -0.25) is 0 Å². The van der Waals surface area contributed by atoms with E-state index in [2.05, 4.69) is 96.0 Å². The van der Waals surface area contributed by atoms with Gasteiger partial charge in [0.1, 0.15) is 0 Å². The molecular weight excluding hydrogens is 508 g/mol. The Bertz CT molecular complexity index is 782. The predicted molar refractivity (Wildman–Crippen MR) is 144 cm³/mol. The molecule has 1 aliphatic rings. The highest BCUT2D eigenvalue weighted by molar-refractivity contribution is 9.10. The minimum Gasteiger partial charge on any atom is -0.0654 e. The second-order valence-corrected chi connectivity index (χ2v) is 11.3. The predicted octanol–water partition coefficient (Wildman–Crippen LogP) is 10.7. The molecule has 1 aliphatic carbocycles. The Kier molecular flexibility index (Phi) is 9.29. The van der Waals surface area contributed by atoms with E-state index in [1.54, 1.807) is 11.1 Å². The number of hydrogen-bond donors (Lipinski definition) is 0. The van der Waals surface area contributed by atoms with Crippen LogP contribution in [-0.4, -0.2) is 0 Å². The summed E-state index contributed by atoms with van der Waals surface area (Å²) in [6, 6.07) is 14.1. The van der Waals surface area contributed by atoms with Gasteiger partial charge in [-0.1, -0.05) is 123 Å². The van der Waals surface area contributed by atoms with Crippen molar-refractivity contribution in [1.29, 1.82) is 0 Å². The maximum absolute atomic E-state index is 3.84. The third-order valence-electron chi connectivity index (χ3n) is 7.73. The number of fused-ring (bicyclic) bond motifs is 3. The first-order chi connectivity index (χ1) is 15.0. The zero-order valence-corrected chi connectivity index (χ0v) is 23.1. The topological polar surface area (TPSA) is 0 Å². The van der Waals surface area contributed by atoms with Gasteiger partial charge < -0.3 is 0 Å². The van der Waals surface area contributed by atoms with Crippen molar-refractivity contribution in [2.24, 2.45) is 11.8 Å². The van der Waals surface area contributed by atoms with Crippen molar-refractivity contribution in [2.75, 3.05) is 0 Å². The van der Waals surface area contributed by atoms with Crippen LogP contribution in [0.4, 0.5) is 0 Å². The highest BCUT2D eigenvalue weighted by atomic mass is 79.9. The highest BCUT2D eigenvalue weighted by Gasteiger charge is 2.51. The summed E-state index contributed by atoms with van der Waals surface area (Å²) in [6.07, 6.45) is 13.1. The van der Waals surface area contributed by atoms with Crippen LogP contribution in [0.3, 0.4) is 0 Å². The number of hydrogen-bond acceptors (Lipinski definition) is 0. The summed E-state index contributed by atoms with van der Waals surface area (Å²) >= 11 is 7.67. The summed E-state index contributed by atoms with van der Waals surface area (Å²) in [5.74, 6) is 1.35. The maximum Gasteiger partial charge on any atom is 0.0272 e. The molecule has 0 saturated heterocycles. The van der Waals surface area contributed by atoms with Crippen LogP contribution in [0.1, 0.15) is 103 Å². The van der Waals surface area contributed by atoms with E-state index >= 15 is 0 Å². The van der Waals surface area contributed by atoms with E-state index in [0.29, 0.717) is 11.8 Å². The Morgan fingerprint density at radius 3 is 1.42 bits per heavy atom. The van der Waals surface area contributed by atoms with Gasteiger partial charge in [0, 0.05) is 14.4 Å². The van der Waals surface area contributed by atoms with Crippen molar-refractivity contribution >= 4 is 31.9 Å². The molecule has 0 N–H and O–H groups in total. The maximum atomic E-state index is 3.84. The van der Waals surface area contributed by atoms with Crippen molar-refractivity contribution in [2.45, 2.75) is 97.3 Å². The van der Waals surface area contributed by atoms with E-state index in [9.17, 15) is 0 Å². The SMILES string of the molecule is CCCCCC(CC)C1(C(CC)CCCCC)c2cc(Br)ccc2-c2ccc(Br)cc21. The van der Waals surface area contributed by atoms with Gasteiger partial charge in [0.05, 0.1) is 0 Å². The lowest BCUT2D eigenvalue weighted by Gasteiger charge is -2.46. The first kappa shape index (κ1) is 25.0. The lowest BCUT2D eigenvalue weighted by Crippen LogP contribution is -2.42. The molecule has 2 heteroatoms. The fraction of sp³-hybridized carbons (Fsp3) is 0.586. The first-order valence-electron chi connectivity index (χ1n) is 12.6. The smallest absolute Gasteiger partial charge is 0.0272 e. The Hall–Kier alpha value is -0.600. The quantitative estimate of drug-likeness (QED) is 0.232. The molecule has 0 aliphatic heterocycles. The van der Waals surface area contributed by atoms with Gasteiger partial charge in [0.2, 0.25) is 0 Å². The van der Waals surface area contributed by atoms with E-state index in [-0.39, 0.29) is 5.41 Å². The fourth-order valence-electron chi connectivity index (χ4n) is 6.33. The summed E-state index contributed by atoms with van der Waals surface area (Å²) in [4.78, 5) is 0. The van der Waals surface area contributed by atoms with Gasteiger partial charge in [-0.25, -0.2) is 0 Å². The highest BCUT2D eigenvalue weighted by Crippen LogP contribution is 2.60. The van der Waals surface area contributed by atoms with Crippen LogP contribution in [0.25, 0.3) is 11.1 Å². The van der Waals surface area contributed by atoms with Gasteiger partial charge in [-0.05, 0) is 71.2 Å². The number of unbranched alkanes of at least 4 members (excludes halogenated alkanes) is 4. The van der Waals surface area contributed by atoms with Gasteiger partial charge in [-0.15, -0.1) is 0 Å². The van der Waals surface area contributed by atoms with Gasteiger partial charge in [-0.2, -0.15) is 0 Å². The molecule has 0 heterocycles. The van der Waals surface area contributed by atoms with Crippen molar-refractivity contribution in [3.05, 3.63) is 56.5 Å². The monoisotopic (exact) mass is 546 g/mol. The summed E-state index contributed by atoms with van der Waals surface area (Å²) in [6.45, 7) is 9.52. The minimum atomic E-state index is 0.114. The van der Waals surface area contributed by atoms with E-state index in [0.717, 1.165) is 0 Å². The summed E-state index contributed by atoms with van der Waals surface area (Å²) in [5.41, 5.74) is 6.22. The summed E-state index contributed by atoms with van der Waals surface area (Å²) in [7, 11) is 0. The van der Waals surface area contributed by atoms with Crippen LogP contribution in [0, 0.1) is 11.8 Å². The van der Waals surface area contributed by atoms with Crippen molar-refractivity contribution in [1.82, 2.24) is 0 Å². The molecule has 2 aromatic carbocycles. The molecule has 170 valence electrons. The molecule has 31 heavy (non-hydrogen) atoms. The zero-order valence-electron chi connectivity index (χ0n) is 19.9. The Morgan fingerprint density at radius 2 is 1.06 bits per heavy atom. The Morgan fingerprint density at radius 1 is 0.645 bits per heavy atom. The molecule has 0 radical (unpaired) electrons. The third-order valence-corrected chi connectivity index (χ3v) is 8.72. The second kappa shape index (κ2) is 11.5. The van der Waals surface area contributed by atoms with Gasteiger partial charge in [0.25, 0.3) is 0 Å². The van der Waals surface area contributed by atoms with E-state index < -0.39 is 0 Å². The van der Waals surface area contributed by atoms with E-state index in [4.69, 9.17) is 0 Å². The largest absolute Gasteiger partial charge is 0.0654 e. The average molecular weight is 548 g/mol. The van der Waals surface area contributed by atoms with Crippen LogP contribution in [0.15, 0.2) is 45.3 Å². The van der Waals surface area contributed by atoms with Crippen molar-refractivity contribution in [3.8, 4) is 11.1 Å². The van der Waals surface area contributed by atoms with Crippen LogP contribution in [0.5, 0.6) is 0 Å². The molecule has 3 rings (SSSR count). The van der Waals surface area contributed by atoms with Gasteiger partial charge >= 0.3 is 0 Å². The number of halogens is 2. The normalized spacial score (nSPS) is 16.1. The van der Waals surface area contributed by atoms with Crippen molar-refractivity contribution in [3.63, 3.8) is 0 Å². The molecule has 2 unspecified atom stereocenters. The number of rotatable bonds is 12. The third kappa shape index (κ3) is 4.86. The Labute approximate surface area is 207 Å². The van der Waals surface area contributed by atoms with Crippen LogP contribution >= 0.6 is 31.9 Å². The van der Waals surface area contributed by atoms with Crippen LogP contribution in [-0.2, 0) is 5.41 Å². The average Bonchev–Trinajstić information content (AvgIpc) is 3.04. The molecule has 0 saturated carbocycles. The number of benzene rings is 2. The second-order valence-electron chi connectivity index (χ2n) is 9.45. The molecule has 0 fully saturated rings. The lowest BCUT2D eigenvalue weighted by molar-refractivity contribution is 0.178. The van der Waals surface area contributed by atoms with Gasteiger partial charge in [0.15, 0.2) is 0 Å². The molecule has 0 nitrogen and oxygen atoms in total. The Balaban J connectivity index is 2.25. The molecule has 0 spiro atoms. The van der Waals surface area contributed by atoms with Crippen LogP contribution in [0.2, 0.25) is 0 Å². The molecule has 2 aromatic rings. The molecular formula is C29H40Br2. The summed E-state index contributed by atoms with van der Waals surface area (Å²) < 4.78 is 2.43.